The minimum Gasteiger partial charge on any atom is -0.280 e. The Morgan fingerprint density at radius 1 is 1.14 bits per heavy atom. The zero-order valence-corrected chi connectivity index (χ0v) is 12.3. The van der Waals surface area contributed by atoms with Crippen molar-refractivity contribution < 1.29 is 0 Å². The van der Waals surface area contributed by atoms with Gasteiger partial charge < -0.3 is 0 Å². The molecule has 3 rings (SSSR count). The van der Waals surface area contributed by atoms with Crippen LogP contribution in [0.1, 0.15) is 12.5 Å². The van der Waals surface area contributed by atoms with Gasteiger partial charge in [-0.3, -0.25) is 9.36 Å². The molecule has 0 N–H and O–H groups in total. The summed E-state index contributed by atoms with van der Waals surface area (Å²) in [6.45, 7) is 3.83. The maximum absolute atomic E-state index is 12.5. The van der Waals surface area contributed by atoms with Crippen molar-refractivity contribution in [2.75, 3.05) is 0 Å². The van der Waals surface area contributed by atoms with E-state index in [1.807, 2.05) is 31.2 Å². The summed E-state index contributed by atoms with van der Waals surface area (Å²) in [6.07, 6.45) is 3.11. The van der Waals surface area contributed by atoms with Gasteiger partial charge in [0.15, 0.2) is 0 Å². The third-order valence-corrected chi connectivity index (χ3v) is 3.36. The summed E-state index contributed by atoms with van der Waals surface area (Å²) in [6, 6.07) is 7.55. The monoisotopic (exact) mass is 294 g/mol. The summed E-state index contributed by atoms with van der Waals surface area (Å²) < 4.78 is 3.90. The SMILES string of the molecule is CC#CCn1nc2c(=O)n(-c3ccc(C)cc3)ccn2c1=O. The molecule has 0 aliphatic heterocycles. The number of aromatic nitrogens is 4. The van der Waals surface area contributed by atoms with Crippen molar-refractivity contribution in [2.24, 2.45) is 0 Å². The molecule has 0 aliphatic carbocycles. The standard InChI is InChI=1S/C16H14N4O2/c1-3-4-9-20-16(22)19-11-10-18(15(21)14(19)17-20)13-7-5-12(2)6-8-13/h5-8,10-11H,9H2,1-2H3. The first-order chi connectivity index (χ1) is 10.6. The van der Waals surface area contributed by atoms with Crippen LogP contribution in [0.3, 0.4) is 0 Å². The first-order valence-electron chi connectivity index (χ1n) is 6.79. The molecule has 3 aromatic rings. The van der Waals surface area contributed by atoms with E-state index in [1.165, 1.54) is 13.6 Å². The van der Waals surface area contributed by atoms with Gasteiger partial charge in [0.1, 0.15) is 6.54 Å². The topological polar surface area (TPSA) is 61.3 Å². The second-order valence-electron chi connectivity index (χ2n) is 4.87. The van der Waals surface area contributed by atoms with Gasteiger partial charge in [-0.1, -0.05) is 23.6 Å². The average molecular weight is 294 g/mol. The molecule has 22 heavy (non-hydrogen) atoms. The van der Waals surface area contributed by atoms with Crippen LogP contribution < -0.4 is 11.2 Å². The second-order valence-corrected chi connectivity index (χ2v) is 4.87. The predicted molar refractivity (Wildman–Crippen MR) is 83.2 cm³/mol. The van der Waals surface area contributed by atoms with Crippen molar-refractivity contribution in [2.45, 2.75) is 20.4 Å². The molecule has 0 bridgehead atoms. The number of fused-ring (bicyclic) bond motifs is 1. The lowest BCUT2D eigenvalue weighted by molar-refractivity contribution is 0.684. The normalized spacial score (nSPS) is 10.5. The molecular weight excluding hydrogens is 280 g/mol. The van der Waals surface area contributed by atoms with E-state index in [0.717, 1.165) is 11.3 Å². The lowest BCUT2D eigenvalue weighted by Crippen LogP contribution is -2.24. The van der Waals surface area contributed by atoms with Gasteiger partial charge >= 0.3 is 11.2 Å². The zero-order valence-electron chi connectivity index (χ0n) is 12.3. The van der Waals surface area contributed by atoms with E-state index in [1.54, 1.807) is 19.3 Å². The Labute approximate surface area is 126 Å². The lowest BCUT2D eigenvalue weighted by Gasteiger charge is -2.05. The fourth-order valence-corrected chi connectivity index (χ4v) is 2.17. The molecule has 0 aliphatic rings. The maximum atomic E-state index is 12.5. The van der Waals surface area contributed by atoms with E-state index < -0.39 is 0 Å². The third kappa shape index (κ3) is 2.23. The van der Waals surface area contributed by atoms with Gasteiger partial charge in [-0.05, 0) is 26.0 Å². The lowest BCUT2D eigenvalue weighted by atomic mass is 10.2. The summed E-state index contributed by atoms with van der Waals surface area (Å²) in [5.41, 5.74) is 1.22. The number of hydrogen-bond acceptors (Lipinski definition) is 3. The van der Waals surface area contributed by atoms with Crippen LogP contribution in [-0.4, -0.2) is 18.7 Å². The van der Waals surface area contributed by atoms with Crippen molar-refractivity contribution in [3.8, 4) is 17.5 Å². The van der Waals surface area contributed by atoms with E-state index >= 15 is 0 Å². The number of nitrogens with zero attached hydrogens (tertiary/aromatic N) is 4. The molecule has 110 valence electrons. The summed E-state index contributed by atoms with van der Waals surface area (Å²) in [4.78, 5) is 24.7. The highest BCUT2D eigenvalue weighted by atomic mass is 16.2. The number of rotatable bonds is 2. The van der Waals surface area contributed by atoms with Gasteiger partial charge in [0.05, 0.1) is 0 Å². The zero-order chi connectivity index (χ0) is 15.7. The molecule has 0 fully saturated rings. The summed E-state index contributed by atoms with van der Waals surface area (Å²) >= 11 is 0. The molecule has 0 saturated heterocycles. The molecule has 1 aromatic carbocycles. The fourth-order valence-electron chi connectivity index (χ4n) is 2.17. The van der Waals surface area contributed by atoms with Crippen LogP contribution in [0.15, 0.2) is 46.2 Å². The van der Waals surface area contributed by atoms with Gasteiger partial charge in [-0.15, -0.1) is 11.0 Å². The Balaban J connectivity index is 2.21. The third-order valence-electron chi connectivity index (χ3n) is 3.36. The van der Waals surface area contributed by atoms with Gasteiger partial charge in [-0.2, -0.15) is 0 Å². The van der Waals surface area contributed by atoms with E-state index in [-0.39, 0.29) is 23.4 Å². The van der Waals surface area contributed by atoms with E-state index in [2.05, 4.69) is 16.9 Å². The number of benzene rings is 1. The molecular formula is C16H14N4O2. The van der Waals surface area contributed by atoms with Crippen LogP contribution in [0.5, 0.6) is 0 Å². The van der Waals surface area contributed by atoms with Crippen molar-refractivity contribution in [1.29, 1.82) is 0 Å². The Kier molecular flexibility index (Phi) is 3.39. The van der Waals surface area contributed by atoms with Crippen molar-refractivity contribution in [3.63, 3.8) is 0 Å². The largest absolute Gasteiger partial charge is 0.351 e. The second kappa shape index (κ2) is 5.37. The fraction of sp³-hybridized carbons (Fsp3) is 0.188. The smallest absolute Gasteiger partial charge is 0.280 e. The van der Waals surface area contributed by atoms with Crippen molar-refractivity contribution >= 4 is 5.65 Å². The molecule has 0 spiro atoms. The summed E-state index contributed by atoms with van der Waals surface area (Å²) in [7, 11) is 0. The highest BCUT2D eigenvalue weighted by molar-refractivity contribution is 5.40. The van der Waals surface area contributed by atoms with Gasteiger partial charge in [0.25, 0.3) is 0 Å². The van der Waals surface area contributed by atoms with E-state index in [4.69, 9.17) is 0 Å². The maximum Gasteiger partial charge on any atom is 0.351 e. The Hall–Kier alpha value is -3.07. The molecule has 0 amide bonds. The number of aryl methyl sites for hydroxylation is 1. The molecule has 0 radical (unpaired) electrons. The molecule has 0 unspecified atom stereocenters. The minimum atomic E-state index is -0.370. The van der Waals surface area contributed by atoms with Gasteiger partial charge in [0.2, 0.25) is 5.65 Å². The highest BCUT2D eigenvalue weighted by Gasteiger charge is 2.11. The molecule has 6 nitrogen and oxygen atoms in total. The predicted octanol–water partition coefficient (Wildman–Crippen LogP) is 0.979. The van der Waals surface area contributed by atoms with Crippen LogP contribution in [0, 0.1) is 18.8 Å². The summed E-state index contributed by atoms with van der Waals surface area (Å²) in [5.74, 6) is 5.47. The van der Waals surface area contributed by atoms with Crippen LogP contribution in [0.2, 0.25) is 0 Å². The molecule has 0 saturated carbocycles. The van der Waals surface area contributed by atoms with Crippen LogP contribution in [0.4, 0.5) is 0 Å². The number of hydrogen-bond donors (Lipinski definition) is 0. The van der Waals surface area contributed by atoms with Crippen molar-refractivity contribution in [3.05, 3.63) is 63.1 Å². The minimum absolute atomic E-state index is 0.0889. The Morgan fingerprint density at radius 2 is 1.86 bits per heavy atom. The van der Waals surface area contributed by atoms with Crippen LogP contribution >= 0.6 is 0 Å². The first-order valence-corrected chi connectivity index (χ1v) is 6.79. The van der Waals surface area contributed by atoms with Crippen molar-refractivity contribution in [1.82, 2.24) is 18.7 Å². The Morgan fingerprint density at radius 3 is 2.55 bits per heavy atom. The molecule has 0 atom stereocenters. The summed E-state index contributed by atoms with van der Waals surface area (Å²) in [5, 5.41) is 4.08. The quantitative estimate of drug-likeness (QED) is 0.662. The van der Waals surface area contributed by atoms with Crippen LogP contribution in [0.25, 0.3) is 11.3 Å². The highest BCUT2D eigenvalue weighted by Crippen LogP contribution is 2.07. The van der Waals surface area contributed by atoms with Crippen LogP contribution in [-0.2, 0) is 6.54 Å². The molecule has 6 heteroatoms. The average Bonchev–Trinajstić information content (AvgIpc) is 2.84. The van der Waals surface area contributed by atoms with Gasteiger partial charge in [0, 0.05) is 18.1 Å². The first kappa shape index (κ1) is 13.9. The Bertz CT molecular complexity index is 1010. The molecule has 2 heterocycles. The molecule has 2 aromatic heterocycles. The van der Waals surface area contributed by atoms with E-state index in [9.17, 15) is 9.59 Å². The van der Waals surface area contributed by atoms with Gasteiger partial charge in [-0.25, -0.2) is 13.9 Å². The van der Waals surface area contributed by atoms with E-state index in [0.29, 0.717) is 0 Å².